The fraction of sp³-hybridized carbons (Fsp3) is 0.385. The lowest BCUT2D eigenvalue weighted by Crippen LogP contribution is -2.41. The lowest BCUT2D eigenvalue weighted by molar-refractivity contribution is -0.117. The smallest absolute Gasteiger partial charge is 0.321 e. The Morgan fingerprint density at radius 2 is 2.15 bits per heavy atom. The van der Waals surface area contributed by atoms with E-state index in [0.717, 1.165) is 10.5 Å². The van der Waals surface area contributed by atoms with Gasteiger partial charge < -0.3 is 15.8 Å². The highest BCUT2D eigenvalue weighted by atomic mass is 32.2. The van der Waals surface area contributed by atoms with E-state index in [4.69, 9.17) is 10.5 Å². The number of rotatable bonds is 6. The summed E-state index contributed by atoms with van der Waals surface area (Å²) in [5, 5.41) is 4.75. The molecular formula is C13H19N3O3S. The Hall–Kier alpha value is -1.73. The zero-order valence-electron chi connectivity index (χ0n) is 11.6. The third-order valence-electron chi connectivity index (χ3n) is 2.53. The summed E-state index contributed by atoms with van der Waals surface area (Å²) in [5.41, 5.74) is 7.41. The molecule has 0 saturated heterocycles. The van der Waals surface area contributed by atoms with E-state index < -0.39 is 6.03 Å². The van der Waals surface area contributed by atoms with Crippen molar-refractivity contribution < 1.29 is 14.3 Å². The molecule has 4 N–H and O–H groups in total. The van der Waals surface area contributed by atoms with Gasteiger partial charge in [-0.3, -0.25) is 10.1 Å². The van der Waals surface area contributed by atoms with Crippen LogP contribution < -0.4 is 16.4 Å². The van der Waals surface area contributed by atoms with E-state index in [0.29, 0.717) is 18.8 Å². The minimum absolute atomic E-state index is 0.155. The first-order chi connectivity index (χ1) is 9.54. The third-order valence-corrected chi connectivity index (χ3v) is 3.69. The number of anilines is 1. The van der Waals surface area contributed by atoms with Crippen LogP contribution in [0.25, 0.3) is 0 Å². The van der Waals surface area contributed by atoms with Crippen molar-refractivity contribution in [3.63, 3.8) is 0 Å². The van der Waals surface area contributed by atoms with Gasteiger partial charge in [-0.2, -0.15) is 0 Å². The van der Waals surface area contributed by atoms with Crippen molar-refractivity contribution in [2.75, 3.05) is 31.7 Å². The number of carbonyl (C=O) groups is 2. The maximum absolute atomic E-state index is 11.6. The second-order valence-corrected chi connectivity index (χ2v) is 5.07. The normalized spacial score (nSPS) is 10.1. The van der Waals surface area contributed by atoms with Gasteiger partial charge in [0.15, 0.2) is 0 Å². The summed E-state index contributed by atoms with van der Waals surface area (Å²) in [4.78, 5) is 23.9. The molecule has 0 heterocycles. The highest BCUT2D eigenvalue weighted by Gasteiger charge is 2.09. The van der Waals surface area contributed by atoms with Crippen LogP contribution in [-0.4, -0.2) is 38.0 Å². The standard InChI is InChI=1S/C13H19N3O3S/c1-9-10(14)4-3-5-11(9)20-8-12(17)16-13(18)15-6-7-19-2/h3-5H,6-8,14H2,1-2H3,(H2,15,16,17,18). The Kier molecular flexibility index (Phi) is 6.89. The predicted molar refractivity (Wildman–Crippen MR) is 79.7 cm³/mol. The summed E-state index contributed by atoms with van der Waals surface area (Å²) < 4.78 is 4.78. The van der Waals surface area contributed by atoms with Gasteiger partial charge in [-0.15, -0.1) is 11.8 Å². The molecule has 1 aromatic carbocycles. The van der Waals surface area contributed by atoms with Crippen molar-refractivity contribution in [1.82, 2.24) is 10.6 Å². The number of imide groups is 1. The first-order valence-corrected chi connectivity index (χ1v) is 7.07. The van der Waals surface area contributed by atoms with Crippen LogP contribution in [0.1, 0.15) is 5.56 Å². The van der Waals surface area contributed by atoms with Gasteiger partial charge in [0.05, 0.1) is 12.4 Å². The van der Waals surface area contributed by atoms with E-state index in [1.807, 2.05) is 25.1 Å². The van der Waals surface area contributed by atoms with Crippen LogP contribution in [0.3, 0.4) is 0 Å². The van der Waals surface area contributed by atoms with Crippen molar-refractivity contribution in [1.29, 1.82) is 0 Å². The summed E-state index contributed by atoms with van der Waals surface area (Å²) >= 11 is 1.34. The first kappa shape index (κ1) is 16.3. The number of urea groups is 1. The van der Waals surface area contributed by atoms with E-state index in [9.17, 15) is 9.59 Å². The van der Waals surface area contributed by atoms with Crippen molar-refractivity contribution in [2.45, 2.75) is 11.8 Å². The van der Waals surface area contributed by atoms with E-state index in [1.165, 1.54) is 18.9 Å². The van der Waals surface area contributed by atoms with Crippen LogP contribution in [0.4, 0.5) is 10.5 Å². The second-order valence-electron chi connectivity index (χ2n) is 4.06. The van der Waals surface area contributed by atoms with Gasteiger partial charge in [-0.05, 0) is 24.6 Å². The second kappa shape index (κ2) is 8.44. The number of ether oxygens (including phenoxy) is 1. The molecule has 20 heavy (non-hydrogen) atoms. The largest absolute Gasteiger partial charge is 0.398 e. The number of methoxy groups -OCH3 is 1. The molecule has 3 amide bonds. The molecule has 0 aliphatic heterocycles. The molecule has 0 saturated carbocycles. The molecule has 7 heteroatoms. The number of nitrogens with two attached hydrogens (primary N) is 1. The van der Waals surface area contributed by atoms with Crippen molar-refractivity contribution in [2.24, 2.45) is 0 Å². The summed E-state index contributed by atoms with van der Waals surface area (Å²) in [5.74, 6) is -0.200. The van der Waals surface area contributed by atoms with E-state index in [2.05, 4.69) is 10.6 Å². The van der Waals surface area contributed by atoms with Crippen LogP contribution in [0.15, 0.2) is 23.1 Å². The minimum atomic E-state index is -0.517. The molecular weight excluding hydrogens is 278 g/mol. The highest BCUT2D eigenvalue weighted by molar-refractivity contribution is 8.00. The summed E-state index contributed by atoms with van der Waals surface area (Å²) in [6.45, 7) is 2.66. The molecule has 0 radical (unpaired) electrons. The quantitative estimate of drug-likeness (QED) is 0.416. The molecule has 6 nitrogen and oxygen atoms in total. The average molecular weight is 297 g/mol. The Balaban J connectivity index is 2.36. The van der Waals surface area contributed by atoms with Crippen molar-refractivity contribution in [3.8, 4) is 0 Å². The zero-order chi connectivity index (χ0) is 15.0. The number of thioether (sulfide) groups is 1. The van der Waals surface area contributed by atoms with Crippen LogP contribution in [0.2, 0.25) is 0 Å². The summed E-state index contributed by atoms with van der Waals surface area (Å²) in [6.07, 6.45) is 0. The number of nitrogens with one attached hydrogen (secondary N) is 2. The summed E-state index contributed by atoms with van der Waals surface area (Å²) in [7, 11) is 1.54. The molecule has 0 unspecified atom stereocenters. The minimum Gasteiger partial charge on any atom is -0.398 e. The van der Waals surface area contributed by atoms with Gasteiger partial charge in [0, 0.05) is 24.2 Å². The molecule has 0 spiro atoms. The molecule has 0 aromatic heterocycles. The average Bonchev–Trinajstić information content (AvgIpc) is 2.41. The van der Waals surface area contributed by atoms with E-state index in [1.54, 1.807) is 0 Å². The van der Waals surface area contributed by atoms with Crippen LogP contribution in [0, 0.1) is 6.92 Å². The summed E-state index contributed by atoms with van der Waals surface area (Å²) in [6, 6.07) is 5.02. The number of benzene rings is 1. The van der Waals surface area contributed by atoms with Crippen LogP contribution >= 0.6 is 11.8 Å². The topological polar surface area (TPSA) is 93.5 Å². The van der Waals surface area contributed by atoms with E-state index in [-0.39, 0.29) is 11.7 Å². The number of hydrogen-bond acceptors (Lipinski definition) is 5. The molecule has 0 aliphatic rings. The Labute approximate surface area is 122 Å². The SMILES string of the molecule is COCCNC(=O)NC(=O)CSc1cccc(N)c1C. The fourth-order valence-electron chi connectivity index (χ4n) is 1.40. The molecule has 1 aromatic rings. The maximum atomic E-state index is 11.6. The number of hydrogen-bond donors (Lipinski definition) is 3. The highest BCUT2D eigenvalue weighted by Crippen LogP contribution is 2.25. The lowest BCUT2D eigenvalue weighted by atomic mass is 10.2. The van der Waals surface area contributed by atoms with Gasteiger partial charge in [0.25, 0.3) is 0 Å². The zero-order valence-corrected chi connectivity index (χ0v) is 12.4. The van der Waals surface area contributed by atoms with Crippen molar-refractivity contribution in [3.05, 3.63) is 23.8 Å². The molecule has 1 rings (SSSR count). The number of amides is 3. The maximum Gasteiger partial charge on any atom is 0.321 e. The molecule has 0 atom stereocenters. The Morgan fingerprint density at radius 3 is 2.85 bits per heavy atom. The van der Waals surface area contributed by atoms with Crippen LogP contribution in [-0.2, 0) is 9.53 Å². The van der Waals surface area contributed by atoms with Gasteiger partial charge in [-0.25, -0.2) is 4.79 Å². The van der Waals surface area contributed by atoms with Crippen molar-refractivity contribution >= 4 is 29.4 Å². The molecule has 0 aliphatic carbocycles. The molecule has 110 valence electrons. The predicted octanol–water partition coefficient (Wildman–Crippen LogP) is 1.14. The Morgan fingerprint density at radius 1 is 1.40 bits per heavy atom. The van der Waals surface area contributed by atoms with Crippen LogP contribution in [0.5, 0.6) is 0 Å². The third kappa shape index (κ3) is 5.50. The monoisotopic (exact) mass is 297 g/mol. The van der Waals surface area contributed by atoms with Gasteiger partial charge in [0.2, 0.25) is 5.91 Å². The van der Waals surface area contributed by atoms with E-state index >= 15 is 0 Å². The lowest BCUT2D eigenvalue weighted by Gasteiger charge is -2.08. The molecule has 0 bridgehead atoms. The Bertz CT molecular complexity index is 480. The van der Waals surface area contributed by atoms with Gasteiger partial charge in [-0.1, -0.05) is 6.07 Å². The molecule has 0 fully saturated rings. The number of carbonyl (C=O) groups excluding carboxylic acids is 2. The van der Waals surface area contributed by atoms with Gasteiger partial charge in [0.1, 0.15) is 0 Å². The first-order valence-electron chi connectivity index (χ1n) is 6.09. The van der Waals surface area contributed by atoms with Gasteiger partial charge >= 0.3 is 6.03 Å². The fourth-order valence-corrected chi connectivity index (χ4v) is 2.27. The number of nitrogen functional groups attached to an aromatic ring is 1.